The fourth-order valence-electron chi connectivity index (χ4n) is 4.41. The molecule has 0 unspecified atom stereocenters. The van der Waals surface area contributed by atoms with E-state index in [2.05, 4.69) is 72.0 Å². The quantitative estimate of drug-likeness (QED) is 0.247. The molecule has 0 saturated carbocycles. The first-order valence-corrected chi connectivity index (χ1v) is 12.9. The second-order valence-electron chi connectivity index (χ2n) is 9.52. The van der Waals surface area contributed by atoms with Gasteiger partial charge in [0.25, 0.3) is 5.91 Å². The summed E-state index contributed by atoms with van der Waals surface area (Å²) in [5, 5.41) is 2.98. The van der Waals surface area contributed by atoms with Gasteiger partial charge in [-0.05, 0) is 73.6 Å². The number of imidazole rings is 1. The summed E-state index contributed by atoms with van der Waals surface area (Å²) in [6.45, 7) is 8.70. The zero-order valence-corrected chi connectivity index (χ0v) is 21.5. The molecule has 2 aromatic heterocycles. The predicted molar refractivity (Wildman–Crippen MR) is 145 cm³/mol. The van der Waals surface area contributed by atoms with Gasteiger partial charge in [0.05, 0.1) is 23.2 Å². The van der Waals surface area contributed by atoms with Crippen molar-refractivity contribution in [3.05, 3.63) is 89.5 Å². The van der Waals surface area contributed by atoms with E-state index in [1.807, 2.05) is 6.07 Å². The van der Waals surface area contributed by atoms with E-state index in [0.29, 0.717) is 24.6 Å². The SMILES string of the molecule is Cc1ccc(C(C)C)c(OCCCCn2c(CCCNC(=O)c3cccnc3)nc3ccccc32)c1. The van der Waals surface area contributed by atoms with Crippen LogP contribution in [0.2, 0.25) is 0 Å². The van der Waals surface area contributed by atoms with Crippen molar-refractivity contribution in [2.75, 3.05) is 13.2 Å². The van der Waals surface area contributed by atoms with Crippen LogP contribution >= 0.6 is 0 Å². The van der Waals surface area contributed by atoms with Crippen LogP contribution in [0.5, 0.6) is 5.75 Å². The highest BCUT2D eigenvalue weighted by Crippen LogP contribution is 2.27. The number of ether oxygens (including phenoxy) is 1. The summed E-state index contributed by atoms with van der Waals surface area (Å²) < 4.78 is 8.51. The Balaban J connectivity index is 1.31. The second kappa shape index (κ2) is 12.3. The molecule has 1 amide bonds. The van der Waals surface area contributed by atoms with Gasteiger partial charge in [-0.3, -0.25) is 9.78 Å². The molecule has 2 aromatic carbocycles. The van der Waals surface area contributed by atoms with Gasteiger partial charge in [0.1, 0.15) is 11.6 Å². The van der Waals surface area contributed by atoms with Crippen LogP contribution in [-0.4, -0.2) is 33.6 Å². The zero-order chi connectivity index (χ0) is 25.3. The van der Waals surface area contributed by atoms with Crippen molar-refractivity contribution in [2.24, 2.45) is 0 Å². The van der Waals surface area contributed by atoms with Crippen molar-refractivity contribution < 1.29 is 9.53 Å². The van der Waals surface area contributed by atoms with Crippen molar-refractivity contribution in [3.8, 4) is 5.75 Å². The fraction of sp³-hybridized carbons (Fsp3) is 0.367. The molecule has 4 aromatic rings. The Morgan fingerprint density at radius 1 is 1.06 bits per heavy atom. The third kappa shape index (κ3) is 6.51. The summed E-state index contributed by atoms with van der Waals surface area (Å²) in [5.74, 6) is 2.42. The molecule has 0 atom stereocenters. The van der Waals surface area contributed by atoms with Gasteiger partial charge in [-0.25, -0.2) is 4.98 Å². The number of hydrogen-bond donors (Lipinski definition) is 1. The Kier molecular flexibility index (Phi) is 8.71. The zero-order valence-electron chi connectivity index (χ0n) is 21.5. The van der Waals surface area contributed by atoms with Gasteiger partial charge >= 0.3 is 0 Å². The van der Waals surface area contributed by atoms with Gasteiger partial charge in [0.2, 0.25) is 0 Å². The van der Waals surface area contributed by atoms with E-state index in [1.165, 1.54) is 11.1 Å². The molecule has 0 bridgehead atoms. The molecule has 1 N–H and O–H groups in total. The smallest absolute Gasteiger partial charge is 0.252 e. The number of nitrogens with one attached hydrogen (secondary N) is 1. The lowest BCUT2D eigenvalue weighted by Gasteiger charge is -2.15. The van der Waals surface area contributed by atoms with E-state index in [1.54, 1.807) is 24.5 Å². The maximum absolute atomic E-state index is 12.3. The van der Waals surface area contributed by atoms with Crippen LogP contribution in [0.25, 0.3) is 11.0 Å². The number of para-hydroxylation sites is 2. The van der Waals surface area contributed by atoms with Gasteiger partial charge in [-0.15, -0.1) is 0 Å². The molecule has 36 heavy (non-hydrogen) atoms. The fourth-order valence-corrected chi connectivity index (χ4v) is 4.41. The van der Waals surface area contributed by atoms with Crippen LogP contribution in [0.15, 0.2) is 67.0 Å². The van der Waals surface area contributed by atoms with Gasteiger partial charge in [0, 0.05) is 31.9 Å². The number of amides is 1. The largest absolute Gasteiger partial charge is 0.493 e. The number of rotatable bonds is 12. The molecule has 0 aliphatic heterocycles. The molecule has 188 valence electrons. The number of carbonyl (C=O) groups excluding carboxylic acids is 1. The third-order valence-corrected chi connectivity index (χ3v) is 6.34. The summed E-state index contributed by atoms with van der Waals surface area (Å²) >= 11 is 0. The van der Waals surface area contributed by atoms with E-state index >= 15 is 0 Å². The molecule has 6 heteroatoms. The lowest BCUT2D eigenvalue weighted by molar-refractivity contribution is 0.0952. The van der Waals surface area contributed by atoms with Gasteiger partial charge in [0.15, 0.2) is 0 Å². The van der Waals surface area contributed by atoms with Gasteiger partial charge in [-0.2, -0.15) is 0 Å². The first-order chi connectivity index (χ1) is 17.5. The first-order valence-electron chi connectivity index (χ1n) is 12.9. The second-order valence-corrected chi connectivity index (χ2v) is 9.52. The monoisotopic (exact) mass is 484 g/mol. The van der Waals surface area contributed by atoms with E-state index in [4.69, 9.17) is 9.72 Å². The minimum Gasteiger partial charge on any atom is -0.493 e. The number of carbonyl (C=O) groups is 1. The molecule has 0 fully saturated rings. The number of benzene rings is 2. The Morgan fingerprint density at radius 3 is 2.72 bits per heavy atom. The number of pyridine rings is 1. The van der Waals surface area contributed by atoms with Crippen LogP contribution in [-0.2, 0) is 13.0 Å². The van der Waals surface area contributed by atoms with Gasteiger partial charge < -0.3 is 14.6 Å². The van der Waals surface area contributed by atoms with E-state index < -0.39 is 0 Å². The summed E-state index contributed by atoms with van der Waals surface area (Å²) in [5.41, 5.74) is 5.25. The topological polar surface area (TPSA) is 69.0 Å². The number of nitrogens with zero attached hydrogens (tertiary/aromatic N) is 3. The minimum absolute atomic E-state index is 0.0918. The molecule has 2 heterocycles. The molecule has 4 rings (SSSR count). The predicted octanol–water partition coefficient (Wildman–Crippen LogP) is 6.08. The number of unbranched alkanes of at least 4 members (excludes halogenated alkanes) is 1. The Hall–Kier alpha value is -3.67. The molecule has 0 aliphatic rings. The highest BCUT2D eigenvalue weighted by atomic mass is 16.5. The highest BCUT2D eigenvalue weighted by Gasteiger charge is 2.12. The first kappa shape index (κ1) is 25.4. The molecular weight excluding hydrogens is 448 g/mol. The van der Waals surface area contributed by atoms with Crippen LogP contribution in [0.3, 0.4) is 0 Å². The van der Waals surface area contributed by atoms with Crippen molar-refractivity contribution >= 4 is 16.9 Å². The molecule has 0 spiro atoms. The maximum atomic E-state index is 12.3. The van der Waals surface area contributed by atoms with Crippen molar-refractivity contribution in [3.63, 3.8) is 0 Å². The standard InChI is InChI=1S/C30H36N4O2/c1-22(2)25-15-14-23(3)20-28(25)36-19-7-6-18-34-27-12-5-4-11-26(27)33-29(34)13-9-17-32-30(35)24-10-8-16-31-21-24/h4-5,8,10-12,14-16,20-22H,6-7,9,13,17-19H2,1-3H3,(H,32,35). The Bertz CT molecular complexity index is 1280. The van der Waals surface area contributed by atoms with Crippen molar-refractivity contribution in [2.45, 2.75) is 58.9 Å². The lowest BCUT2D eigenvalue weighted by atomic mass is 10.0. The number of fused-ring (bicyclic) bond motifs is 1. The molecule has 0 saturated heterocycles. The Morgan fingerprint density at radius 2 is 1.92 bits per heavy atom. The minimum atomic E-state index is -0.0918. The van der Waals surface area contributed by atoms with Crippen LogP contribution < -0.4 is 10.1 Å². The van der Waals surface area contributed by atoms with E-state index in [-0.39, 0.29) is 5.91 Å². The van der Waals surface area contributed by atoms with Crippen LogP contribution in [0.4, 0.5) is 0 Å². The van der Waals surface area contributed by atoms with Crippen LogP contribution in [0, 0.1) is 6.92 Å². The number of aryl methyl sites for hydroxylation is 3. The summed E-state index contributed by atoms with van der Waals surface area (Å²) in [6.07, 6.45) is 6.86. The normalized spacial score (nSPS) is 11.2. The average molecular weight is 485 g/mol. The maximum Gasteiger partial charge on any atom is 0.252 e. The average Bonchev–Trinajstić information content (AvgIpc) is 3.24. The Labute approximate surface area is 213 Å². The number of hydrogen-bond acceptors (Lipinski definition) is 4. The number of aromatic nitrogens is 3. The molecule has 0 aliphatic carbocycles. The van der Waals surface area contributed by atoms with Crippen molar-refractivity contribution in [1.29, 1.82) is 0 Å². The summed E-state index contributed by atoms with van der Waals surface area (Å²) in [7, 11) is 0. The molecule has 0 radical (unpaired) electrons. The van der Waals surface area contributed by atoms with Crippen LogP contribution in [0.1, 0.15) is 66.3 Å². The van der Waals surface area contributed by atoms with Gasteiger partial charge in [-0.1, -0.05) is 38.1 Å². The molecular formula is C30H36N4O2. The lowest BCUT2D eigenvalue weighted by Crippen LogP contribution is -2.25. The summed E-state index contributed by atoms with van der Waals surface area (Å²) in [6, 6.07) is 18.3. The highest BCUT2D eigenvalue weighted by molar-refractivity contribution is 5.93. The molecule has 6 nitrogen and oxygen atoms in total. The van der Waals surface area contributed by atoms with Crippen molar-refractivity contribution in [1.82, 2.24) is 19.9 Å². The third-order valence-electron chi connectivity index (χ3n) is 6.34. The van der Waals surface area contributed by atoms with E-state index in [9.17, 15) is 4.79 Å². The van der Waals surface area contributed by atoms with E-state index in [0.717, 1.165) is 54.8 Å². The summed E-state index contributed by atoms with van der Waals surface area (Å²) in [4.78, 5) is 21.2.